The fraction of sp³-hybridized carbons (Fsp3) is 0.417. The maximum absolute atomic E-state index is 11.6. The van der Waals surface area contributed by atoms with Gasteiger partial charge in [-0.3, -0.25) is 9.59 Å². The number of esters is 1. The standard InChI is InChI=1S/C12H17N3O4/c1-7(13)10(16)15-9(12(18)19-2)6-8-4-3-5-14-11(8)17/h3-5,7,9H,6,13H2,1-2H3,(H,14,17)(H,15,16)/t7-,9?/m0/s1. The Morgan fingerprint density at radius 1 is 1.53 bits per heavy atom. The number of hydrogen-bond acceptors (Lipinski definition) is 5. The van der Waals surface area contributed by atoms with Gasteiger partial charge >= 0.3 is 5.97 Å². The largest absolute Gasteiger partial charge is 0.467 e. The highest BCUT2D eigenvalue weighted by Crippen LogP contribution is 2.00. The van der Waals surface area contributed by atoms with Crippen molar-refractivity contribution in [2.24, 2.45) is 5.73 Å². The summed E-state index contributed by atoms with van der Waals surface area (Å²) in [5, 5.41) is 2.45. The smallest absolute Gasteiger partial charge is 0.328 e. The Balaban J connectivity index is 2.87. The molecule has 2 atom stereocenters. The first-order chi connectivity index (χ1) is 8.95. The maximum Gasteiger partial charge on any atom is 0.328 e. The summed E-state index contributed by atoms with van der Waals surface area (Å²) >= 11 is 0. The summed E-state index contributed by atoms with van der Waals surface area (Å²) in [6, 6.07) is 1.53. The lowest BCUT2D eigenvalue weighted by atomic mass is 10.1. The topological polar surface area (TPSA) is 114 Å². The number of aromatic nitrogens is 1. The summed E-state index contributed by atoms with van der Waals surface area (Å²) < 4.78 is 4.60. The van der Waals surface area contributed by atoms with Gasteiger partial charge in [-0.25, -0.2) is 4.79 Å². The fourth-order valence-corrected chi connectivity index (χ4v) is 1.48. The number of carbonyl (C=O) groups excluding carboxylic acids is 2. The van der Waals surface area contributed by atoms with Crippen LogP contribution < -0.4 is 16.6 Å². The minimum absolute atomic E-state index is 0.0430. The van der Waals surface area contributed by atoms with Crippen molar-refractivity contribution in [2.45, 2.75) is 25.4 Å². The highest BCUT2D eigenvalue weighted by atomic mass is 16.5. The monoisotopic (exact) mass is 267 g/mol. The summed E-state index contributed by atoms with van der Waals surface area (Å²) in [5.41, 5.74) is 5.48. The molecule has 4 N–H and O–H groups in total. The average Bonchev–Trinajstić information content (AvgIpc) is 2.39. The Bertz CT molecular complexity index is 510. The molecule has 0 radical (unpaired) electrons. The van der Waals surface area contributed by atoms with Crippen molar-refractivity contribution in [1.29, 1.82) is 0 Å². The molecule has 0 saturated carbocycles. The van der Waals surface area contributed by atoms with Crippen LogP contribution in [0.25, 0.3) is 0 Å². The van der Waals surface area contributed by atoms with Crippen molar-refractivity contribution in [3.63, 3.8) is 0 Å². The molecule has 1 heterocycles. The number of nitrogens with one attached hydrogen (secondary N) is 2. The molecule has 0 aliphatic rings. The highest BCUT2D eigenvalue weighted by Gasteiger charge is 2.24. The van der Waals surface area contributed by atoms with Crippen LogP contribution in [0.15, 0.2) is 23.1 Å². The molecule has 1 unspecified atom stereocenters. The van der Waals surface area contributed by atoms with E-state index < -0.39 is 24.0 Å². The van der Waals surface area contributed by atoms with Crippen molar-refractivity contribution >= 4 is 11.9 Å². The molecule has 1 rings (SSSR count). The first kappa shape index (κ1) is 14.9. The molecular formula is C12H17N3O4. The van der Waals surface area contributed by atoms with Crippen molar-refractivity contribution in [2.75, 3.05) is 7.11 Å². The predicted molar refractivity (Wildman–Crippen MR) is 68.4 cm³/mol. The molecule has 7 heteroatoms. The number of pyridine rings is 1. The van der Waals surface area contributed by atoms with Crippen LogP contribution in [-0.4, -0.2) is 36.1 Å². The van der Waals surface area contributed by atoms with Gasteiger partial charge in [0.2, 0.25) is 5.91 Å². The maximum atomic E-state index is 11.6. The molecular weight excluding hydrogens is 250 g/mol. The van der Waals surface area contributed by atoms with E-state index in [0.717, 1.165) is 0 Å². The summed E-state index contributed by atoms with van der Waals surface area (Å²) in [5.74, 6) is -1.11. The molecule has 104 valence electrons. The second-order valence-corrected chi connectivity index (χ2v) is 4.10. The molecule has 0 fully saturated rings. The van der Waals surface area contributed by atoms with Crippen LogP contribution in [0.1, 0.15) is 12.5 Å². The predicted octanol–water partition coefficient (Wildman–Crippen LogP) is -1.08. The van der Waals surface area contributed by atoms with E-state index >= 15 is 0 Å². The van der Waals surface area contributed by atoms with E-state index in [-0.39, 0.29) is 12.0 Å². The number of hydrogen-bond donors (Lipinski definition) is 3. The van der Waals surface area contributed by atoms with E-state index in [2.05, 4.69) is 15.0 Å². The van der Waals surface area contributed by atoms with Gasteiger partial charge in [-0.1, -0.05) is 6.07 Å². The van der Waals surface area contributed by atoms with Crippen molar-refractivity contribution in [3.05, 3.63) is 34.2 Å². The Morgan fingerprint density at radius 3 is 2.74 bits per heavy atom. The van der Waals surface area contributed by atoms with Gasteiger partial charge in [0.1, 0.15) is 6.04 Å². The van der Waals surface area contributed by atoms with Crippen LogP contribution in [0.5, 0.6) is 0 Å². The van der Waals surface area contributed by atoms with Crippen LogP contribution in [0.4, 0.5) is 0 Å². The zero-order valence-corrected chi connectivity index (χ0v) is 10.8. The van der Waals surface area contributed by atoms with E-state index in [0.29, 0.717) is 5.56 Å². The molecule has 0 saturated heterocycles. The normalized spacial score (nSPS) is 13.4. The van der Waals surface area contributed by atoms with Gasteiger partial charge in [-0.2, -0.15) is 0 Å². The summed E-state index contributed by atoms with van der Waals surface area (Å²) in [4.78, 5) is 37.1. The Labute approximate surface area is 110 Å². The van der Waals surface area contributed by atoms with Crippen molar-refractivity contribution < 1.29 is 14.3 Å². The lowest BCUT2D eigenvalue weighted by Crippen LogP contribution is -2.49. The Kier molecular flexibility index (Phi) is 5.25. The Hall–Kier alpha value is -2.15. The zero-order valence-electron chi connectivity index (χ0n) is 10.8. The molecule has 0 bridgehead atoms. The van der Waals surface area contributed by atoms with E-state index in [1.165, 1.54) is 20.2 Å². The van der Waals surface area contributed by atoms with Gasteiger partial charge in [0.05, 0.1) is 13.2 Å². The first-order valence-corrected chi connectivity index (χ1v) is 5.76. The number of aromatic amines is 1. The molecule has 0 aliphatic carbocycles. The lowest BCUT2D eigenvalue weighted by Gasteiger charge is -2.17. The van der Waals surface area contributed by atoms with E-state index in [9.17, 15) is 14.4 Å². The van der Waals surface area contributed by atoms with Crippen LogP contribution >= 0.6 is 0 Å². The third kappa shape index (κ3) is 4.22. The molecule has 1 aromatic rings. The summed E-state index contributed by atoms with van der Waals surface area (Å²) in [6.07, 6.45) is 1.53. The lowest BCUT2D eigenvalue weighted by molar-refractivity contribution is -0.145. The van der Waals surface area contributed by atoms with E-state index in [4.69, 9.17) is 5.73 Å². The number of rotatable bonds is 5. The third-order valence-corrected chi connectivity index (χ3v) is 2.54. The van der Waals surface area contributed by atoms with Gasteiger partial charge < -0.3 is 20.8 Å². The number of ether oxygens (including phenoxy) is 1. The Morgan fingerprint density at radius 2 is 2.21 bits per heavy atom. The number of nitrogens with two attached hydrogens (primary N) is 1. The number of amides is 1. The molecule has 19 heavy (non-hydrogen) atoms. The summed E-state index contributed by atoms with van der Waals surface area (Å²) in [7, 11) is 1.21. The first-order valence-electron chi connectivity index (χ1n) is 5.76. The van der Waals surface area contributed by atoms with Crippen molar-refractivity contribution in [3.8, 4) is 0 Å². The minimum atomic E-state index is -0.938. The third-order valence-electron chi connectivity index (χ3n) is 2.54. The molecule has 1 aromatic heterocycles. The number of methoxy groups -OCH3 is 1. The molecule has 0 spiro atoms. The molecule has 7 nitrogen and oxygen atoms in total. The number of carbonyl (C=O) groups is 2. The van der Waals surface area contributed by atoms with Crippen molar-refractivity contribution in [1.82, 2.24) is 10.3 Å². The minimum Gasteiger partial charge on any atom is -0.467 e. The van der Waals surface area contributed by atoms with Crippen LogP contribution in [-0.2, 0) is 20.7 Å². The highest BCUT2D eigenvalue weighted by molar-refractivity contribution is 5.87. The van der Waals surface area contributed by atoms with Crippen LogP contribution in [0.3, 0.4) is 0 Å². The van der Waals surface area contributed by atoms with Gasteiger partial charge in [-0.05, 0) is 13.0 Å². The van der Waals surface area contributed by atoms with Crippen LogP contribution in [0, 0.1) is 0 Å². The van der Waals surface area contributed by atoms with E-state index in [1.54, 1.807) is 12.1 Å². The van der Waals surface area contributed by atoms with Gasteiger partial charge in [0.25, 0.3) is 5.56 Å². The molecule has 0 aromatic carbocycles. The number of H-pyrrole nitrogens is 1. The quantitative estimate of drug-likeness (QED) is 0.587. The van der Waals surface area contributed by atoms with Gasteiger partial charge in [0.15, 0.2) is 0 Å². The molecule has 1 amide bonds. The summed E-state index contributed by atoms with van der Waals surface area (Å²) in [6.45, 7) is 1.50. The molecule has 0 aliphatic heterocycles. The zero-order chi connectivity index (χ0) is 14.4. The van der Waals surface area contributed by atoms with Crippen LogP contribution in [0.2, 0.25) is 0 Å². The van der Waals surface area contributed by atoms with Gasteiger partial charge in [-0.15, -0.1) is 0 Å². The second kappa shape index (κ2) is 6.69. The van der Waals surface area contributed by atoms with E-state index in [1.807, 2.05) is 0 Å². The fourth-order valence-electron chi connectivity index (χ4n) is 1.48. The second-order valence-electron chi connectivity index (χ2n) is 4.10. The SMILES string of the molecule is COC(=O)C(Cc1ccc[nH]c1=O)NC(=O)[C@H](C)N. The van der Waals surface area contributed by atoms with Gasteiger partial charge in [0, 0.05) is 18.2 Å². The average molecular weight is 267 g/mol.